The van der Waals surface area contributed by atoms with Crippen LogP contribution in [0.5, 0.6) is 17.2 Å². The molecule has 1 N–H and O–H groups in total. The molecule has 0 unspecified atom stereocenters. The van der Waals surface area contributed by atoms with Gasteiger partial charge >= 0.3 is 0 Å². The predicted molar refractivity (Wildman–Crippen MR) is 103 cm³/mol. The lowest BCUT2D eigenvalue weighted by Crippen LogP contribution is -2.37. The quantitative estimate of drug-likeness (QED) is 0.743. The van der Waals surface area contributed by atoms with Crippen LogP contribution in [0.4, 0.5) is 11.4 Å². The first-order valence-electron chi connectivity index (χ1n) is 8.15. The Kier molecular flexibility index (Phi) is 5.41. The van der Waals surface area contributed by atoms with Gasteiger partial charge in [0.1, 0.15) is 6.54 Å². The predicted octanol–water partition coefficient (Wildman–Crippen LogP) is 2.53. The monoisotopic (exact) mass is 404 g/mol. The zero-order valence-electron chi connectivity index (χ0n) is 15.4. The highest BCUT2D eigenvalue weighted by molar-refractivity contribution is 6.53. The average Bonchev–Trinajstić information content (AvgIpc) is 2.92. The van der Waals surface area contributed by atoms with Crippen molar-refractivity contribution in [3.05, 3.63) is 40.9 Å². The standard InChI is InChI=1S/C19H17ClN2O6/c1-26-13-8-12-15(18(28-3)17(13)27-2)16(24)19(25)22(12)9-14(23)21-11-6-4-10(20)5-7-11/h4-8H,9H2,1-3H3,(H,21,23). The van der Waals surface area contributed by atoms with Gasteiger partial charge in [0.25, 0.3) is 11.7 Å². The summed E-state index contributed by atoms with van der Waals surface area (Å²) in [5.41, 5.74) is 0.762. The third-order valence-corrected chi connectivity index (χ3v) is 4.45. The van der Waals surface area contributed by atoms with Gasteiger partial charge in [-0.05, 0) is 24.3 Å². The first-order valence-corrected chi connectivity index (χ1v) is 8.53. The highest BCUT2D eigenvalue weighted by Gasteiger charge is 2.42. The molecule has 0 saturated carbocycles. The number of ketones is 1. The maximum absolute atomic E-state index is 12.5. The summed E-state index contributed by atoms with van der Waals surface area (Å²) < 4.78 is 15.8. The molecule has 1 aliphatic rings. The van der Waals surface area contributed by atoms with Gasteiger partial charge in [-0.2, -0.15) is 0 Å². The highest BCUT2D eigenvalue weighted by Crippen LogP contribution is 2.47. The van der Waals surface area contributed by atoms with Crippen LogP contribution in [0.25, 0.3) is 0 Å². The van der Waals surface area contributed by atoms with E-state index in [2.05, 4.69) is 5.32 Å². The fraction of sp³-hybridized carbons (Fsp3) is 0.211. The van der Waals surface area contributed by atoms with E-state index in [1.807, 2.05) is 0 Å². The second kappa shape index (κ2) is 7.77. The van der Waals surface area contributed by atoms with Crippen molar-refractivity contribution >= 4 is 40.6 Å². The van der Waals surface area contributed by atoms with Crippen molar-refractivity contribution in [1.29, 1.82) is 0 Å². The van der Waals surface area contributed by atoms with E-state index in [-0.39, 0.29) is 35.0 Å². The van der Waals surface area contributed by atoms with E-state index >= 15 is 0 Å². The van der Waals surface area contributed by atoms with Crippen LogP contribution < -0.4 is 24.4 Å². The number of amides is 2. The van der Waals surface area contributed by atoms with Crippen LogP contribution in [0, 0.1) is 0 Å². The first-order chi connectivity index (χ1) is 13.4. The topological polar surface area (TPSA) is 94.2 Å². The Labute approximate surface area is 165 Å². The molecule has 0 fully saturated rings. The van der Waals surface area contributed by atoms with Gasteiger partial charge in [-0.25, -0.2) is 0 Å². The number of anilines is 2. The molecule has 2 amide bonds. The largest absolute Gasteiger partial charge is 0.493 e. The first kappa shape index (κ1) is 19.5. The summed E-state index contributed by atoms with van der Waals surface area (Å²) in [7, 11) is 4.16. The molecule has 1 heterocycles. The Bertz CT molecular complexity index is 958. The molecule has 9 heteroatoms. The van der Waals surface area contributed by atoms with E-state index in [0.29, 0.717) is 10.7 Å². The molecule has 0 spiro atoms. The van der Waals surface area contributed by atoms with E-state index < -0.39 is 17.6 Å². The van der Waals surface area contributed by atoms with Gasteiger partial charge in [-0.15, -0.1) is 0 Å². The summed E-state index contributed by atoms with van der Waals surface area (Å²) in [5.74, 6) is -1.57. The maximum Gasteiger partial charge on any atom is 0.300 e. The van der Waals surface area contributed by atoms with Crippen LogP contribution in [0.2, 0.25) is 5.02 Å². The number of fused-ring (bicyclic) bond motifs is 1. The third-order valence-electron chi connectivity index (χ3n) is 4.20. The number of hydrogen-bond donors (Lipinski definition) is 1. The number of ether oxygens (including phenoxy) is 3. The third kappa shape index (κ3) is 3.34. The van der Waals surface area contributed by atoms with Crippen molar-refractivity contribution in [1.82, 2.24) is 0 Å². The summed E-state index contributed by atoms with van der Waals surface area (Å²) in [5, 5.41) is 3.18. The summed E-state index contributed by atoms with van der Waals surface area (Å²) in [6.07, 6.45) is 0. The highest BCUT2D eigenvalue weighted by atomic mass is 35.5. The molecule has 3 rings (SSSR count). The van der Waals surface area contributed by atoms with E-state index in [9.17, 15) is 14.4 Å². The molecule has 0 aliphatic carbocycles. The zero-order valence-corrected chi connectivity index (χ0v) is 16.1. The number of nitrogens with zero attached hydrogens (tertiary/aromatic N) is 1. The van der Waals surface area contributed by atoms with Crippen molar-refractivity contribution in [2.45, 2.75) is 0 Å². The van der Waals surface area contributed by atoms with Gasteiger partial charge in [-0.1, -0.05) is 11.6 Å². The lowest BCUT2D eigenvalue weighted by Gasteiger charge is -2.19. The van der Waals surface area contributed by atoms with Crippen molar-refractivity contribution in [2.75, 3.05) is 38.1 Å². The molecule has 0 aromatic heterocycles. The SMILES string of the molecule is COc1cc2c(c(OC)c1OC)C(=O)C(=O)N2CC(=O)Nc1ccc(Cl)cc1. The smallest absolute Gasteiger partial charge is 0.300 e. The summed E-state index contributed by atoms with van der Waals surface area (Å²) in [6, 6.07) is 7.97. The second-order valence-electron chi connectivity index (χ2n) is 5.81. The number of nitrogens with one attached hydrogen (secondary N) is 1. The van der Waals surface area contributed by atoms with Crippen LogP contribution >= 0.6 is 11.6 Å². The molecule has 0 radical (unpaired) electrons. The summed E-state index contributed by atoms with van der Waals surface area (Å²) >= 11 is 5.82. The molecule has 0 saturated heterocycles. The molecular formula is C19H17ClN2O6. The van der Waals surface area contributed by atoms with E-state index in [1.54, 1.807) is 24.3 Å². The van der Waals surface area contributed by atoms with E-state index in [0.717, 1.165) is 4.90 Å². The number of halogens is 1. The number of methoxy groups -OCH3 is 3. The lowest BCUT2D eigenvalue weighted by atomic mass is 10.1. The molecule has 2 aromatic carbocycles. The number of benzene rings is 2. The van der Waals surface area contributed by atoms with Gasteiger partial charge in [-0.3, -0.25) is 19.3 Å². The molecule has 146 valence electrons. The minimum absolute atomic E-state index is 0.0319. The molecule has 8 nitrogen and oxygen atoms in total. The van der Waals surface area contributed by atoms with Crippen LogP contribution in [0.3, 0.4) is 0 Å². The minimum atomic E-state index is -0.838. The second-order valence-corrected chi connectivity index (χ2v) is 6.25. The molecule has 1 aliphatic heterocycles. The lowest BCUT2D eigenvalue weighted by molar-refractivity contribution is -0.118. The van der Waals surface area contributed by atoms with Gasteiger partial charge in [0.2, 0.25) is 11.7 Å². The van der Waals surface area contributed by atoms with Crippen LogP contribution in [0.1, 0.15) is 10.4 Å². The van der Waals surface area contributed by atoms with E-state index in [4.69, 9.17) is 25.8 Å². The summed E-state index contributed by atoms with van der Waals surface area (Å²) in [4.78, 5) is 38.5. The minimum Gasteiger partial charge on any atom is -0.493 e. The Hall–Kier alpha value is -3.26. The molecule has 0 atom stereocenters. The van der Waals surface area contributed by atoms with Crippen molar-refractivity contribution < 1.29 is 28.6 Å². The van der Waals surface area contributed by atoms with Gasteiger partial charge < -0.3 is 19.5 Å². The summed E-state index contributed by atoms with van der Waals surface area (Å²) in [6.45, 7) is -0.362. The Balaban J connectivity index is 1.94. The van der Waals surface area contributed by atoms with Gasteiger partial charge in [0.05, 0.1) is 32.6 Å². The number of hydrogen-bond acceptors (Lipinski definition) is 6. The van der Waals surface area contributed by atoms with Crippen LogP contribution in [-0.4, -0.2) is 45.5 Å². The maximum atomic E-state index is 12.5. The molecular weight excluding hydrogens is 388 g/mol. The van der Waals surface area contributed by atoms with Gasteiger partial charge in [0, 0.05) is 16.8 Å². The Morgan fingerprint density at radius 3 is 2.25 bits per heavy atom. The fourth-order valence-corrected chi connectivity index (χ4v) is 3.07. The van der Waals surface area contributed by atoms with E-state index in [1.165, 1.54) is 27.4 Å². The average molecular weight is 405 g/mol. The number of Topliss-reactive ketones (excluding diaryl/α,β-unsaturated/α-hetero) is 1. The zero-order chi connectivity index (χ0) is 20.4. The Morgan fingerprint density at radius 2 is 1.68 bits per heavy atom. The number of carbonyl (C=O) groups is 3. The normalized spacial score (nSPS) is 12.6. The van der Waals surface area contributed by atoms with Crippen LogP contribution in [0.15, 0.2) is 30.3 Å². The van der Waals surface area contributed by atoms with Crippen molar-refractivity contribution in [3.63, 3.8) is 0 Å². The molecule has 2 aromatic rings. The fourth-order valence-electron chi connectivity index (χ4n) is 2.95. The van der Waals surface area contributed by atoms with Crippen molar-refractivity contribution in [2.24, 2.45) is 0 Å². The Morgan fingerprint density at radius 1 is 1.04 bits per heavy atom. The number of carbonyl (C=O) groups excluding carboxylic acids is 3. The van der Waals surface area contributed by atoms with Crippen LogP contribution in [-0.2, 0) is 9.59 Å². The van der Waals surface area contributed by atoms with Crippen molar-refractivity contribution in [3.8, 4) is 17.2 Å². The molecule has 0 bridgehead atoms. The van der Waals surface area contributed by atoms with Gasteiger partial charge in [0.15, 0.2) is 11.5 Å². The molecule has 28 heavy (non-hydrogen) atoms. The number of rotatable bonds is 6.